The van der Waals surface area contributed by atoms with Crippen LogP contribution >= 0.6 is 0 Å². The number of anilines is 2. The molecule has 3 aromatic rings. The highest BCUT2D eigenvalue weighted by atomic mass is 14.9. The summed E-state index contributed by atoms with van der Waals surface area (Å²) in [6.45, 7) is 2.17. The lowest BCUT2D eigenvalue weighted by Gasteiger charge is -2.20. The normalized spacial score (nSPS) is 12.2. The van der Waals surface area contributed by atoms with Gasteiger partial charge in [0.25, 0.3) is 0 Å². The monoisotopic (exact) mass is 277 g/mol. The first-order chi connectivity index (χ1) is 10.3. The van der Waals surface area contributed by atoms with Crippen LogP contribution < -0.4 is 11.1 Å². The minimum atomic E-state index is 0.248. The zero-order valence-electron chi connectivity index (χ0n) is 12.1. The lowest BCUT2D eigenvalue weighted by atomic mass is 10.0. The van der Waals surface area contributed by atoms with Gasteiger partial charge in [0.2, 0.25) is 0 Å². The van der Waals surface area contributed by atoms with Crippen molar-refractivity contribution < 1.29 is 0 Å². The van der Waals surface area contributed by atoms with Gasteiger partial charge in [-0.3, -0.25) is 4.98 Å². The Kier molecular flexibility index (Phi) is 3.73. The number of nitrogens with zero attached hydrogens (tertiary/aromatic N) is 1. The molecule has 21 heavy (non-hydrogen) atoms. The Morgan fingerprint density at radius 2 is 1.90 bits per heavy atom. The lowest BCUT2D eigenvalue weighted by molar-refractivity contribution is 0.750. The average molecular weight is 277 g/mol. The molecule has 1 unspecified atom stereocenters. The molecule has 106 valence electrons. The van der Waals surface area contributed by atoms with Crippen LogP contribution in [-0.2, 0) is 0 Å². The average Bonchev–Trinajstić information content (AvgIpc) is 2.53. The van der Waals surface area contributed by atoms with Gasteiger partial charge >= 0.3 is 0 Å². The first kappa shape index (κ1) is 13.4. The van der Waals surface area contributed by atoms with E-state index in [1.807, 2.05) is 36.5 Å². The second kappa shape index (κ2) is 5.83. The van der Waals surface area contributed by atoms with E-state index in [0.29, 0.717) is 0 Å². The standard InChI is InChI=1S/C18H19N3/c1-2-16(13-7-4-3-5-8-13)21-17-12-15(19)11-14-9-6-10-20-18(14)17/h3-12,16,21H,2,19H2,1H3. The number of aromatic nitrogens is 1. The van der Waals surface area contributed by atoms with Crippen molar-refractivity contribution in [1.82, 2.24) is 4.98 Å². The maximum absolute atomic E-state index is 6.01. The van der Waals surface area contributed by atoms with Crippen molar-refractivity contribution in [3.8, 4) is 0 Å². The van der Waals surface area contributed by atoms with Gasteiger partial charge in [-0.2, -0.15) is 0 Å². The number of pyridine rings is 1. The minimum absolute atomic E-state index is 0.248. The van der Waals surface area contributed by atoms with Crippen LogP contribution in [-0.4, -0.2) is 4.98 Å². The van der Waals surface area contributed by atoms with Crippen LogP contribution in [0.3, 0.4) is 0 Å². The highest BCUT2D eigenvalue weighted by Gasteiger charge is 2.11. The van der Waals surface area contributed by atoms with Crippen molar-refractivity contribution in [2.24, 2.45) is 0 Å². The molecule has 0 radical (unpaired) electrons. The van der Waals surface area contributed by atoms with E-state index in [-0.39, 0.29) is 6.04 Å². The highest BCUT2D eigenvalue weighted by Crippen LogP contribution is 2.29. The molecule has 0 aliphatic carbocycles. The number of hydrogen-bond donors (Lipinski definition) is 2. The first-order valence-corrected chi connectivity index (χ1v) is 7.23. The predicted molar refractivity (Wildman–Crippen MR) is 89.3 cm³/mol. The van der Waals surface area contributed by atoms with Crippen LogP contribution in [0.15, 0.2) is 60.8 Å². The van der Waals surface area contributed by atoms with Crippen molar-refractivity contribution in [2.75, 3.05) is 11.1 Å². The summed E-state index contributed by atoms with van der Waals surface area (Å²) >= 11 is 0. The third-order valence-electron chi connectivity index (χ3n) is 3.67. The van der Waals surface area contributed by atoms with Gasteiger partial charge in [-0.1, -0.05) is 43.3 Å². The number of nitrogens with two attached hydrogens (primary N) is 1. The fourth-order valence-corrected chi connectivity index (χ4v) is 2.62. The Labute approximate surface area is 124 Å². The Bertz CT molecular complexity index is 738. The molecule has 3 rings (SSSR count). The van der Waals surface area contributed by atoms with Crippen molar-refractivity contribution >= 4 is 22.3 Å². The molecule has 3 nitrogen and oxygen atoms in total. The van der Waals surface area contributed by atoms with Gasteiger partial charge in [-0.05, 0) is 30.2 Å². The molecule has 1 aromatic heterocycles. The van der Waals surface area contributed by atoms with Crippen LogP contribution in [0, 0.1) is 0 Å². The van der Waals surface area contributed by atoms with Crippen molar-refractivity contribution in [1.29, 1.82) is 0 Å². The number of hydrogen-bond acceptors (Lipinski definition) is 3. The summed E-state index contributed by atoms with van der Waals surface area (Å²) in [6.07, 6.45) is 2.81. The molecule has 0 aliphatic heterocycles. The Balaban J connectivity index is 2.00. The smallest absolute Gasteiger partial charge is 0.0934 e. The van der Waals surface area contributed by atoms with E-state index in [4.69, 9.17) is 5.73 Å². The van der Waals surface area contributed by atoms with Gasteiger partial charge in [-0.25, -0.2) is 0 Å². The Morgan fingerprint density at radius 1 is 1.10 bits per heavy atom. The summed E-state index contributed by atoms with van der Waals surface area (Å²) < 4.78 is 0. The van der Waals surface area contributed by atoms with Crippen molar-refractivity contribution in [3.63, 3.8) is 0 Å². The molecule has 0 fully saturated rings. The Morgan fingerprint density at radius 3 is 2.67 bits per heavy atom. The summed E-state index contributed by atoms with van der Waals surface area (Å²) in [5.74, 6) is 0. The zero-order valence-corrected chi connectivity index (χ0v) is 12.1. The SMILES string of the molecule is CCC(Nc1cc(N)cc2cccnc12)c1ccccc1. The molecule has 1 heterocycles. The van der Waals surface area contributed by atoms with Gasteiger partial charge < -0.3 is 11.1 Å². The van der Waals surface area contributed by atoms with E-state index >= 15 is 0 Å². The van der Waals surface area contributed by atoms with E-state index in [1.54, 1.807) is 0 Å². The molecule has 3 heteroatoms. The Hall–Kier alpha value is -2.55. The topological polar surface area (TPSA) is 50.9 Å². The van der Waals surface area contributed by atoms with E-state index in [2.05, 4.69) is 41.5 Å². The van der Waals surface area contributed by atoms with Crippen LogP contribution in [0.4, 0.5) is 11.4 Å². The largest absolute Gasteiger partial charge is 0.399 e. The summed E-state index contributed by atoms with van der Waals surface area (Å²) in [5.41, 5.74) is 9.98. The fourth-order valence-electron chi connectivity index (χ4n) is 2.62. The molecule has 0 spiro atoms. The molecule has 0 bridgehead atoms. The predicted octanol–water partition coefficient (Wildman–Crippen LogP) is 4.38. The van der Waals surface area contributed by atoms with E-state index in [1.165, 1.54) is 5.56 Å². The van der Waals surface area contributed by atoms with E-state index < -0.39 is 0 Å². The molecule has 0 saturated heterocycles. The molecule has 0 saturated carbocycles. The van der Waals surface area contributed by atoms with Gasteiger partial charge in [0.1, 0.15) is 0 Å². The quantitative estimate of drug-likeness (QED) is 0.696. The third-order valence-corrected chi connectivity index (χ3v) is 3.67. The molecular formula is C18H19N3. The highest BCUT2D eigenvalue weighted by molar-refractivity contribution is 5.93. The number of nitrogens with one attached hydrogen (secondary N) is 1. The molecule has 2 aromatic carbocycles. The van der Waals surface area contributed by atoms with Crippen LogP contribution in [0.1, 0.15) is 24.9 Å². The van der Waals surface area contributed by atoms with Gasteiger partial charge in [0, 0.05) is 17.3 Å². The molecule has 0 amide bonds. The van der Waals surface area contributed by atoms with E-state index in [0.717, 1.165) is 28.7 Å². The second-order valence-electron chi connectivity index (χ2n) is 5.16. The summed E-state index contributed by atoms with van der Waals surface area (Å²) in [6, 6.07) is 18.6. The maximum atomic E-state index is 6.01. The van der Waals surface area contributed by atoms with Gasteiger partial charge in [0.15, 0.2) is 0 Å². The van der Waals surface area contributed by atoms with Gasteiger partial charge in [0.05, 0.1) is 17.2 Å². The summed E-state index contributed by atoms with van der Waals surface area (Å²) in [4.78, 5) is 4.49. The number of nitrogen functional groups attached to an aromatic ring is 1. The molecular weight excluding hydrogens is 258 g/mol. The van der Waals surface area contributed by atoms with Gasteiger partial charge in [-0.15, -0.1) is 0 Å². The summed E-state index contributed by atoms with van der Waals surface area (Å²) in [7, 11) is 0. The van der Waals surface area contributed by atoms with Crippen molar-refractivity contribution in [2.45, 2.75) is 19.4 Å². The van der Waals surface area contributed by atoms with Crippen LogP contribution in [0.25, 0.3) is 10.9 Å². The first-order valence-electron chi connectivity index (χ1n) is 7.23. The number of rotatable bonds is 4. The molecule has 3 N–H and O–H groups in total. The van der Waals surface area contributed by atoms with Crippen LogP contribution in [0.5, 0.6) is 0 Å². The third kappa shape index (κ3) is 2.82. The van der Waals surface area contributed by atoms with Crippen molar-refractivity contribution in [3.05, 3.63) is 66.4 Å². The van der Waals surface area contributed by atoms with E-state index in [9.17, 15) is 0 Å². The fraction of sp³-hybridized carbons (Fsp3) is 0.167. The minimum Gasteiger partial charge on any atom is -0.399 e. The van der Waals surface area contributed by atoms with Crippen LogP contribution in [0.2, 0.25) is 0 Å². The zero-order chi connectivity index (χ0) is 14.7. The second-order valence-corrected chi connectivity index (χ2v) is 5.16. The lowest BCUT2D eigenvalue weighted by Crippen LogP contribution is -2.10. The summed E-state index contributed by atoms with van der Waals surface area (Å²) in [5, 5.41) is 4.64. The maximum Gasteiger partial charge on any atom is 0.0934 e. The number of fused-ring (bicyclic) bond motifs is 1. The molecule has 0 aliphatic rings. The molecule has 1 atom stereocenters. The number of benzene rings is 2.